The van der Waals surface area contributed by atoms with E-state index in [4.69, 9.17) is 28.4 Å². The molecule has 5 atom stereocenters. The molecule has 1 aliphatic rings. The van der Waals surface area contributed by atoms with Gasteiger partial charge in [-0.25, -0.2) is 8.42 Å². The van der Waals surface area contributed by atoms with Crippen LogP contribution in [-0.2, 0) is 64.7 Å². The van der Waals surface area contributed by atoms with Crippen molar-refractivity contribution < 1.29 is 36.8 Å². The van der Waals surface area contributed by atoms with Gasteiger partial charge in [-0.3, -0.25) is 0 Å². The van der Waals surface area contributed by atoms with Gasteiger partial charge in [0, 0.05) is 0 Å². The molecule has 1 heterocycles. The largest absolute Gasteiger partial charge is 0.374 e. The monoisotopic (exact) mass is 708 g/mol. The highest BCUT2D eigenvalue weighted by Crippen LogP contribution is 2.32. The summed E-state index contributed by atoms with van der Waals surface area (Å²) >= 11 is 0. The lowest BCUT2D eigenvalue weighted by molar-refractivity contribution is -0.327. The van der Waals surface area contributed by atoms with E-state index in [2.05, 4.69) is 0 Å². The van der Waals surface area contributed by atoms with Crippen LogP contribution in [0.5, 0.6) is 0 Å². The van der Waals surface area contributed by atoms with Gasteiger partial charge in [0.05, 0.1) is 50.3 Å². The SMILES string of the molecule is O=S(=O)(CCO[C@@H]1O[C@H](COCc2ccccc2)[C@@H](OCc2ccccc2)[C@H](OCc2ccccc2)[C@H]1OCc1ccccc1)c1ccccc1. The maximum absolute atomic E-state index is 13.2. The minimum Gasteiger partial charge on any atom is -0.374 e. The van der Waals surface area contributed by atoms with Crippen LogP contribution in [0.25, 0.3) is 0 Å². The van der Waals surface area contributed by atoms with Crippen molar-refractivity contribution in [2.75, 3.05) is 19.0 Å². The molecule has 5 aromatic rings. The van der Waals surface area contributed by atoms with Gasteiger partial charge < -0.3 is 28.4 Å². The Morgan fingerprint density at radius 2 is 0.882 bits per heavy atom. The molecule has 51 heavy (non-hydrogen) atoms. The van der Waals surface area contributed by atoms with E-state index in [9.17, 15) is 8.42 Å². The van der Waals surface area contributed by atoms with Gasteiger partial charge in [0.15, 0.2) is 16.1 Å². The van der Waals surface area contributed by atoms with Crippen molar-refractivity contribution in [3.63, 3.8) is 0 Å². The fourth-order valence-corrected chi connectivity index (χ4v) is 7.02. The smallest absolute Gasteiger partial charge is 0.186 e. The first-order valence-corrected chi connectivity index (χ1v) is 18.8. The predicted molar refractivity (Wildman–Crippen MR) is 194 cm³/mol. The van der Waals surface area contributed by atoms with E-state index >= 15 is 0 Å². The first kappa shape index (κ1) is 36.6. The van der Waals surface area contributed by atoms with Gasteiger partial charge in [0.2, 0.25) is 0 Å². The van der Waals surface area contributed by atoms with Crippen LogP contribution in [0.3, 0.4) is 0 Å². The standard InChI is InChI=1S/C42H44O8S/c43-51(44,37-24-14-5-15-25-37)27-26-46-42-41(49-31-36-22-12-4-13-23-36)40(48-30-35-20-10-3-11-21-35)39(47-29-34-18-8-2-9-19-34)38(50-42)32-45-28-33-16-6-1-7-17-33/h1-25,38-42H,26-32H2/t38-,39-,40+,41-,42-/m1/s1. The van der Waals surface area contributed by atoms with Crippen molar-refractivity contribution in [1.29, 1.82) is 0 Å². The third-order valence-corrected chi connectivity index (χ3v) is 10.3. The lowest BCUT2D eigenvalue weighted by atomic mass is 9.97. The van der Waals surface area contributed by atoms with Gasteiger partial charge >= 0.3 is 0 Å². The van der Waals surface area contributed by atoms with E-state index in [1.165, 1.54) is 0 Å². The third-order valence-electron chi connectivity index (χ3n) is 8.58. The predicted octanol–water partition coefficient (Wildman–Crippen LogP) is 7.17. The Hall–Kier alpha value is -4.19. The average Bonchev–Trinajstić information content (AvgIpc) is 3.18. The summed E-state index contributed by atoms with van der Waals surface area (Å²) in [5, 5.41) is 0. The number of hydrogen-bond donors (Lipinski definition) is 0. The molecular formula is C42H44O8S. The second-order valence-corrected chi connectivity index (χ2v) is 14.4. The summed E-state index contributed by atoms with van der Waals surface area (Å²) in [7, 11) is -3.60. The number of hydrogen-bond acceptors (Lipinski definition) is 8. The van der Waals surface area contributed by atoms with Crippen LogP contribution in [0.1, 0.15) is 22.3 Å². The van der Waals surface area contributed by atoms with Crippen LogP contribution in [0.4, 0.5) is 0 Å². The molecule has 1 saturated heterocycles. The maximum Gasteiger partial charge on any atom is 0.186 e. The van der Waals surface area contributed by atoms with Crippen LogP contribution < -0.4 is 0 Å². The second kappa shape index (κ2) is 18.9. The first-order chi connectivity index (χ1) is 25.0. The molecule has 0 amide bonds. The van der Waals surface area contributed by atoms with Gasteiger partial charge in [-0.1, -0.05) is 140 Å². The molecule has 0 aliphatic carbocycles. The molecule has 0 N–H and O–H groups in total. The van der Waals surface area contributed by atoms with E-state index in [0.29, 0.717) is 13.2 Å². The molecule has 0 unspecified atom stereocenters. The van der Waals surface area contributed by atoms with Gasteiger partial charge in [-0.2, -0.15) is 0 Å². The Labute approximate surface area is 300 Å². The highest BCUT2D eigenvalue weighted by atomic mass is 32.2. The van der Waals surface area contributed by atoms with Crippen LogP contribution in [0.15, 0.2) is 157 Å². The van der Waals surface area contributed by atoms with E-state index in [1.807, 2.05) is 121 Å². The summed E-state index contributed by atoms with van der Waals surface area (Å²) in [4.78, 5) is 0.237. The van der Waals surface area contributed by atoms with Crippen molar-refractivity contribution in [2.45, 2.75) is 62.0 Å². The van der Waals surface area contributed by atoms with E-state index in [0.717, 1.165) is 22.3 Å². The molecule has 8 nitrogen and oxygen atoms in total. The number of benzene rings is 5. The van der Waals surface area contributed by atoms with E-state index in [-0.39, 0.29) is 37.1 Å². The summed E-state index contributed by atoms with van der Waals surface area (Å²) < 4.78 is 65.6. The Morgan fingerprint density at radius 3 is 1.37 bits per heavy atom. The van der Waals surface area contributed by atoms with E-state index < -0.39 is 40.5 Å². The molecule has 0 saturated carbocycles. The zero-order valence-electron chi connectivity index (χ0n) is 28.4. The molecule has 0 radical (unpaired) electrons. The van der Waals surface area contributed by atoms with Crippen molar-refractivity contribution in [1.82, 2.24) is 0 Å². The topological polar surface area (TPSA) is 89.5 Å². The fourth-order valence-electron chi connectivity index (χ4n) is 5.90. The molecule has 5 aromatic carbocycles. The highest BCUT2D eigenvalue weighted by molar-refractivity contribution is 7.91. The Kier molecular flexibility index (Phi) is 13.5. The van der Waals surface area contributed by atoms with Gasteiger partial charge in [-0.15, -0.1) is 0 Å². The van der Waals surface area contributed by atoms with Crippen molar-refractivity contribution in [3.05, 3.63) is 174 Å². The molecule has 9 heteroatoms. The number of ether oxygens (including phenoxy) is 6. The summed E-state index contributed by atoms with van der Waals surface area (Å²) in [6, 6.07) is 47.9. The van der Waals surface area contributed by atoms with Crippen LogP contribution in [0, 0.1) is 0 Å². The summed E-state index contributed by atoms with van der Waals surface area (Å²) in [6.07, 6.45) is -3.70. The molecular weight excluding hydrogens is 665 g/mol. The van der Waals surface area contributed by atoms with Gasteiger partial charge in [0.1, 0.15) is 24.4 Å². The van der Waals surface area contributed by atoms with Crippen molar-refractivity contribution in [2.24, 2.45) is 0 Å². The lowest BCUT2D eigenvalue weighted by Crippen LogP contribution is -2.62. The molecule has 0 spiro atoms. The van der Waals surface area contributed by atoms with Crippen LogP contribution in [0.2, 0.25) is 0 Å². The molecule has 1 fully saturated rings. The summed E-state index contributed by atoms with van der Waals surface area (Å²) in [5.74, 6) is -0.235. The Balaban J connectivity index is 1.29. The van der Waals surface area contributed by atoms with Crippen LogP contribution >= 0.6 is 0 Å². The maximum atomic E-state index is 13.2. The van der Waals surface area contributed by atoms with Crippen LogP contribution in [-0.4, -0.2) is 58.1 Å². The molecule has 1 aliphatic heterocycles. The normalized spacial score (nSPS) is 20.6. The highest BCUT2D eigenvalue weighted by Gasteiger charge is 2.49. The lowest BCUT2D eigenvalue weighted by Gasteiger charge is -2.46. The molecule has 0 bridgehead atoms. The average molecular weight is 709 g/mol. The molecule has 6 rings (SSSR count). The Bertz CT molecular complexity index is 1810. The summed E-state index contributed by atoms with van der Waals surface area (Å²) in [5.41, 5.74) is 3.96. The van der Waals surface area contributed by atoms with Crippen molar-refractivity contribution >= 4 is 9.84 Å². The minimum absolute atomic E-state index is 0.119. The zero-order valence-corrected chi connectivity index (χ0v) is 29.3. The second-order valence-electron chi connectivity index (χ2n) is 12.3. The van der Waals surface area contributed by atoms with Gasteiger partial charge in [0.25, 0.3) is 0 Å². The zero-order chi connectivity index (χ0) is 35.1. The Morgan fingerprint density at radius 1 is 0.471 bits per heavy atom. The van der Waals surface area contributed by atoms with E-state index in [1.54, 1.807) is 30.3 Å². The third kappa shape index (κ3) is 10.9. The molecule has 266 valence electrons. The quantitative estimate of drug-likeness (QED) is 0.0947. The minimum atomic E-state index is -3.60. The van der Waals surface area contributed by atoms with Gasteiger partial charge in [-0.05, 0) is 34.4 Å². The first-order valence-electron chi connectivity index (χ1n) is 17.2. The van der Waals surface area contributed by atoms with Crippen molar-refractivity contribution in [3.8, 4) is 0 Å². The molecule has 0 aromatic heterocycles. The summed E-state index contributed by atoms with van der Waals surface area (Å²) in [6.45, 7) is 1.27. The number of sulfone groups is 1. The fraction of sp³-hybridized carbons (Fsp3) is 0.286. The number of rotatable bonds is 18.